The maximum absolute atomic E-state index is 7.06. The van der Waals surface area contributed by atoms with Crippen molar-refractivity contribution in [3.8, 4) is 22.3 Å². The van der Waals surface area contributed by atoms with E-state index >= 15 is 0 Å². The average Bonchev–Trinajstić information content (AvgIpc) is 3.64. The van der Waals surface area contributed by atoms with Gasteiger partial charge in [-0.1, -0.05) is 231 Å². The first-order valence-corrected chi connectivity index (χ1v) is 21.3. The minimum atomic E-state index is -0.580. The lowest BCUT2D eigenvalue weighted by Crippen LogP contribution is -2.44. The summed E-state index contributed by atoms with van der Waals surface area (Å²) >= 11 is 0. The van der Waals surface area contributed by atoms with Crippen LogP contribution in [0, 0.1) is 0 Å². The van der Waals surface area contributed by atoms with Crippen molar-refractivity contribution in [2.45, 2.75) is 17.0 Å². The Morgan fingerprint density at radius 1 is 0.403 bits per heavy atom. The van der Waals surface area contributed by atoms with Gasteiger partial charge in [0.15, 0.2) is 6.17 Å². The normalized spacial score (nSPS) is 14.7. The van der Waals surface area contributed by atoms with Crippen molar-refractivity contribution < 1.29 is 0 Å². The van der Waals surface area contributed by atoms with E-state index in [0.29, 0.717) is 5.84 Å². The number of fused-ring (bicyclic) bond motifs is 9. The molecule has 1 unspecified atom stereocenters. The molecule has 1 atom stereocenters. The topological polar surface area (TPSA) is 50.7 Å². The van der Waals surface area contributed by atoms with Gasteiger partial charge in [0.05, 0.1) is 10.8 Å². The highest BCUT2D eigenvalue weighted by Crippen LogP contribution is 2.64. The number of benzene rings is 9. The summed E-state index contributed by atoms with van der Waals surface area (Å²) in [7, 11) is 0. The van der Waals surface area contributed by atoms with Gasteiger partial charge in [0, 0.05) is 11.8 Å². The van der Waals surface area contributed by atoms with Crippen LogP contribution in [0.4, 0.5) is 0 Å². The molecule has 0 radical (unpaired) electrons. The Morgan fingerprint density at radius 2 is 0.855 bits per heavy atom. The fourth-order valence-electron chi connectivity index (χ4n) is 10.3. The SMILES string of the molecule is N/C(=N\C(/N=C/c1ccc(-c2ccccc2)cc1)c1ccccc1)c1ccc2c(c1)-c1ccccc1C21c2ccccc2C(c2ccccc2)(c2ccccc2)c2ccccc21. The van der Waals surface area contributed by atoms with Crippen LogP contribution in [-0.2, 0) is 10.8 Å². The zero-order chi connectivity index (χ0) is 41.5. The molecule has 0 saturated heterocycles. The van der Waals surface area contributed by atoms with Crippen molar-refractivity contribution in [1.29, 1.82) is 0 Å². The molecule has 11 rings (SSSR count). The van der Waals surface area contributed by atoms with Crippen molar-refractivity contribution in [2.75, 3.05) is 0 Å². The van der Waals surface area contributed by atoms with E-state index in [-0.39, 0.29) is 0 Å². The summed E-state index contributed by atoms with van der Waals surface area (Å²) < 4.78 is 0. The largest absolute Gasteiger partial charge is 0.383 e. The summed E-state index contributed by atoms with van der Waals surface area (Å²) in [5, 5.41) is 0. The number of nitrogens with two attached hydrogens (primary N) is 1. The van der Waals surface area contributed by atoms with Crippen LogP contribution in [0.2, 0.25) is 0 Å². The van der Waals surface area contributed by atoms with Crippen LogP contribution in [0.25, 0.3) is 22.3 Å². The minimum absolute atomic E-state index is 0.438. The molecule has 62 heavy (non-hydrogen) atoms. The Kier molecular flexibility index (Phi) is 9.17. The number of hydrogen-bond acceptors (Lipinski definition) is 2. The quantitative estimate of drug-likeness (QED) is 0.121. The van der Waals surface area contributed by atoms with E-state index in [0.717, 1.165) is 27.8 Å². The average molecular weight is 794 g/mol. The third-order valence-electron chi connectivity index (χ3n) is 13.0. The second-order valence-electron chi connectivity index (χ2n) is 16.2. The van der Waals surface area contributed by atoms with Gasteiger partial charge in [0.2, 0.25) is 0 Å². The zero-order valence-corrected chi connectivity index (χ0v) is 34.1. The van der Waals surface area contributed by atoms with Gasteiger partial charge in [-0.3, -0.25) is 4.99 Å². The Labute approximate surface area is 363 Å². The summed E-state index contributed by atoms with van der Waals surface area (Å²) in [4.78, 5) is 10.2. The molecule has 0 saturated carbocycles. The minimum Gasteiger partial charge on any atom is -0.383 e. The second kappa shape index (κ2) is 15.3. The number of amidine groups is 1. The molecule has 2 aliphatic rings. The van der Waals surface area contributed by atoms with Gasteiger partial charge in [-0.05, 0) is 84.0 Å². The first-order valence-electron chi connectivity index (χ1n) is 21.3. The van der Waals surface area contributed by atoms with Gasteiger partial charge in [0.1, 0.15) is 5.84 Å². The molecule has 0 aromatic heterocycles. The van der Waals surface area contributed by atoms with E-state index in [1.165, 1.54) is 55.6 Å². The zero-order valence-electron chi connectivity index (χ0n) is 34.1. The van der Waals surface area contributed by atoms with E-state index in [1.54, 1.807) is 0 Å². The Morgan fingerprint density at radius 3 is 1.44 bits per heavy atom. The Balaban J connectivity index is 1.06. The lowest BCUT2D eigenvalue weighted by Gasteiger charge is -2.50. The standard InChI is InChI=1S/C59H43N3/c60-56(62-57(44-21-7-2-8-22-44)61-40-41-33-35-43(36-34-41)42-19-5-1-6-20-42)45-37-38-51-49(39-45)48-27-13-14-28-50(48)59(51)54-31-17-15-29-52(54)58(46-23-9-3-10-24-46,47-25-11-4-12-26-47)53-30-16-18-32-55(53)59/h1-40,57H,(H2,60,62)/b61-40+. The summed E-state index contributed by atoms with van der Waals surface area (Å²) in [6, 6.07) is 85.0. The first-order chi connectivity index (χ1) is 30.7. The number of nitrogens with zero attached hydrogens (tertiary/aromatic N) is 2. The van der Waals surface area contributed by atoms with Crippen molar-refractivity contribution in [1.82, 2.24) is 0 Å². The summed E-state index contributed by atoms with van der Waals surface area (Å²) in [5.41, 5.74) is 23.6. The second-order valence-corrected chi connectivity index (χ2v) is 16.2. The van der Waals surface area contributed by atoms with Gasteiger partial charge >= 0.3 is 0 Å². The molecule has 9 aromatic rings. The highest BCUT2D eigenvalue weighted by molar-refractivity contribution is 6.01. The van der Waals surface area contributed by atoms with Gasteiger partial charge < -0.3 is 5.73 Å². The fraction of sp³-hybridized carbons (Fsp3) is 0.0508. The van der Waals surface area contributed by atoms with E-state index < -0.39 is 17.0 Å². The molecular formula is C59H43N3. The van der Waals surface area contributed by atoms with Crippen LogP contribution >= 0.6 is 0 Å². The summed E-state index contributed by atoms with van der Waals surface area (Å²) in [6.07, 6.45) is 1.37. The van der Waals surface area contributed by atoms with Gasteiger partial charge in [-0.2, -0.15) is 0 Å². The lowest BCUT2D eigenvalue weighted by atomic mass is 9.51. The van der Waals surface area contributed by atoms with Gasteiger partial charge in [0.25, 0.3) is 0 Å². The van der Waals surface area contributed by atoms with E-state index in [4.69, 9.17) is 15.7 Å². The third-order valence-corrected chi connectivity index (χ3v) is 13.0. The molecule has 9 aromatic carbocycles. The first kappa shape index (κ1) is 37.1. The van der Waals surface area contributed by atoms with Crippen molar-refractivity contribution in [3.63, 3.8) is 0 Å². The van der Waals surface area contributed by atoms with Crippen molar-refractivity contribution >= 4 is 12.1 Å². The predicted molar refractivity (Wildman–Crippen MR) is 255 cm³/mol. The maximum atomic E-state index is 7.06. The molecule has 3 heteroatoms. The summed E-state index contributed by atoms with van der Waals surface area (Å²) in [6.45, 7) is 0. The van der Waals surface area contributed by atoms with Crippen LogP contribution < -0.4 is 5.73 Å². The van der Waals surface area contributed by atoms with Crippen LogP contribution in [0.1, 0.15) is 67.4 Å². The van der Waals surface area contributed by atoms with Gasteiger partial charge in [-0.25, -0.2) is 4.99 Å². The van der Waals surface area contributed by atoms with Crippen LogP contribution in [0.15, 0.2) is 247 Å². The molecule has 0 heterocycles. The van der Waals surface area contributed by atoms with E-state index in [1.807, 2.05) is 30.5 Å². The molecule has 3 nitrogen and oxygen atoms in total. The molecule has 0 amide bonds. The molecule has 2 N–H and O–H groups in total. The number of rotatable bonds is 8. The molecule has 0 aliphatic heterocycles. The molecule has 2 aliphatic carbocycles. The molecule has 0 bridgehead atoms. The predicted octanol–water partition coefficient (Wildman–Crippen LogP) is 12.9. The highest BCUT2D eigenvalue weighted by atomic mass is 15.0. The van der Waals surface area contributed by atoms with Crippen molar-refractivity contribution in [2.24, 2.45) is 15.7 Å². The summed E-state index contributed by atoms with van der Waals surface area (Å²) in [5.74, 6) is 0.438. The molecule has 0 fully saturated rings. The van der Waals surface area contributed by atoms with E-state index in [9.17, 15) is 0 Å². The van der Waals surface area contributed by atoms with Crippen molar-refractivity contribution in [3.05, 3.63) is 298 Å². The number of aliphatic imine (C=N–C) groups is 2. The van der Waals surface area contributed by atoms with Crippen LogP contribution in [0.3, 0.4) is 0 Å². The number of hydrogen-bond donors (Lipinski definition) is 1. The van der Waals surface area contributed by atoms with E-state index in [2.05, 4.69) is 212 Å². The monoisotopic (exact) mass is 793 g/mol. The highest BCUT2D eigenvalue weighted by Gasteiger charge is 2.56. The maximum Gasteiger partial charge on any atom is 0.167 e. The Bertz CT molecular complexity index is 3030. The van der Waals surface area contributed by atoms with Crippen LogP contribution in [0.5, 0.6) is 0 Å². The smallest absolute Gasteiger partial charge is 0.167 e. The van der Waals surface area contributed by atoms with Crippen LogP contribution in [-0.4, -0.2) is 12.1 Å². The molecule has 294 valence electrons. The fourth-order valence-corrected chi connectivity index (χ4v) is 10.3. The van der Waals surface area contributed by atoms with Gasteiger partial charge in [-0.15, -0.1) is 0 Å². The molecular weight excluding hydrogens is 751 g/mol. The Hall–Kier alpha value is -7.88. The third kappa shape index (κ3) is 5.81. The molecule has 1 spiro atoms. The lowest BCUT2D eigenvalue weighted by molar-refractivity contribution is 0.623.